The minimum absolute atomic E-state index is 0.821. The summed E-state index contributed by atoms with van der Waals surface area (Å²) in [5.41, 5.74) is 3.55. The first-order valence-corrected chi connectivity index (χ1v) is 10.4. The topological polar surface area (TPSA) is 43.1 Å². The van der Waals surface area contributed by atoms with Gasteiger partial charge in [-0.15, -0.1) is 10.2 Å². The SMILES string of the molecule is CCCc1nnc(SCc2ccc(Br)cc2)n1/N=C/c1ccccc1C. The van der Waals surface area contributed by atoms with E-state index in [0.29, 0.717) is 0 Å². The lowest BCUT2D eigenvalue weighted by atomic mass is 10.1. The van der Waals surface area contributed by atoms with Gasteiger partial charge in [-0.2, -0.15) is 9.78 Å². The number of hydrogen-bond acceptors (Lipinski definition) is 4. The van der Waals surface area contributed by atoms with Crippen molar-refractivity contribution < 1.29 is 0 Å². The average Bonchev–Trinajstić information content (AvgIpc) is 3.03. The summed E-state index contributed by atoms with van der Waals surface area (Å²) < 4.78 is 2.96. The molecule has 0 saturated carbocycles. The van der Waals surface area contributed by atoms with Crippen LogP contribution in [-0.2, 0) is 12.2 Å². The van der Waals surface area contributed by atoms with E-state index in [2.05, 4.69) is 81.5 Å². The zero-order valence-corrected chi connectivity index (χ0v) is 17.3. The fourth-order valence-electron chi connectivity index (χ4n) is 2.46. The van der Waals surface area contributed by atoms with Gasteiger partial charge in [-0.3, -0.25) is 0 Å². The summed E-state index contributed by atoms with van der Waals surface area (Å²) in [6.45, 7) is 4.22. The third-order valence-electron chi connectivity index (χ3n) is 3.93. The Labute approximate surface area is 166 Å². The molecule has 4 nitrogen and oxygen atoms in total. The van der Waals surface area contributed by atoms with Gasteiger partial charge in [0, 0.05) is 16.6 Å². The van der Waals surface area contributed by atoms with Crippen molar-refractivity contribution in [3.05, 3.63) is 75.5 Å². The molecule has 1 aromatic heterocycles. The highest BCUT2D eigenvalue weighted by molar-refractivity contribution is 9.10. The fourth-order valence-corrected chi connectivity index (χ4v) is 3.59. The Kier molecular flexibility index (Phi) is 6.63. The van der Waals surface area contributed by atoms with E-state index < -0.39 is 0 Å². The molecule has 0 N–H and O–H groups in total. The first-order chi connectivity index (χ1) is 12.7. The molecule has 134 valence electrons. The van der Waals surface area contributed by atoms with Gasteiger partial charge in [-0.25, -0.2) is 0 Å². The Morgan fingerprint density at radius 3 is 2.62 bits per heavy atom. The molecule has 0 spiro atoms. The molecule has 0 radical (unpaired) electrons. The first kappa shape index (κ1) is 18.9. The number of aromatic nitrogens is 3. The second-order valence-electron chi connectivity index (χ2n) is 5.98. The summed E-state index contributed by atoms with van der Waals surface area (Å²) in [4.78, 5) is 0. The van der Waals surface area contributed by atoms with Crippen molar-refractivity contribution in [2.24, 2.45) is 5.10 Å². The van der Waals surface area contributed by atoms with E-state index in [1.54, 1.807) is 11.8 Å². The Balaban J connectivity index is 1.81. The maximum absolute atomic E-state index is 4.68. The van der Waals surface area contributed by atoms with Crippen LogP contribution in [0.2, 0.25) is 0 Å². The lowest BCUT2D eigenvalue weighted by Crippen LogP contribution is -2.01. The molecule has 6 heteroatoms. The Morgan fingerprint density at radius 1 is 1.12 bits per heavy atom. The summed E-state index contributed by atoms with van der Waals surface area (Å²) in [5.74, 6) is 1.73. The standard InChI is InChI=1S/C20H21BrN4S/c1-3-6-19-23-24-20(26-14-16-9-11-18(21)12-10-16)25(19)22-13-17-8-5-4-7-15(17)2/h4-5,7-13H,3,6,14H2,1-2H3/b22-13+. The van der Waals surface area contributed by atoms with Crippen molar-refractivity contribution in [2.45, 2.75) is 37.6 Å². The Morgan fingerprint density at radius 2 is 1.88 bits per heavy atom. The molecule has 0 amide bonds. The van der Waals surface area contributed by atoms with E-state index in [0.717, 1.165) is 39.6 Å². The van der Waals surface area contributed by atoms with Crippen LogP contribution in [0.3, 0.4) is 0 Å². The van der Waals surface area contributed by atoms with Crippen LogP contribution >= 0.6 is 27.7 Å². The molecule has 1 heterocycles. The molecule has 0 aliphatic heterocycles. The molecule has 0 atom stereocenters. The van der Waals surface area contributed by atoms with Gasteiger partial charge in [-0.05, 0) is 42.2 Å². The van der Waals surface area contributed by atoms with Crippen LogP contribution in [0, 0.1) is 6.92 Å². The third-order valence-corrected chi connectivity index (χ3v) is 5.45. The van der Waals surface area contributed by atoms with E-state index in [4.69, 9.17) is 0 Å². The zero-order valence-electron chi connectivity index (χ0n) is 14.9. The predicted molar refractivity (Wildman–Crippen MR) is 112 cm³/mol. The van der Waals surface area contributed by atoms with Gasteiger partial charge < -0.3 is 0 Å². The van der Waals surface area contributed by atoms with Crippen LogP contribution in [0.4, 0.5) is 0 Å². The second kappa shape index (κ2) is 9.14. The fraction of sp³-hybridized carbons (Fsp3) is 0.250. The van der Waals surface area contributed by atoms with E-state index >= 15 is 0 Å². The number of halogens is 1. The van der Waals surface area contributed by atoms with Gasteiger partial charge in [-0.1, -0.05) is 71.0 Å². The number of thioether (sulfide) groups is 1. The van der Waals surface area contributed by atoms with Gasteiger partial charge in [0.1, 0.15) is 0 Å². The number of nitrogens with zero attached hydrogens (tertiary/aromatic N) is 4. The van der Waals surface area contributed by atoms with Crippen LogP contribution in [0.15, 0.2) is 63.3 Å². The number of benzene rings is 2. The van der Waals surface area contributed by atoms with Gasteiger partial charge in [0.25, 0.3) is 0 Å². The lowest BCUT2D eigenvalue weighted by molar-refractivity contribution is 0.700. The smallest absolute Gasteiger partial charge is 0.191 e. The highest BCUT2D eigenvalue weighted by Gasteiger charge is 2.11. The molecule has 0 saturated heterocycles. The lowest BCUT2D eigenvalue weighted by Gasteiger charge is -2.05. The van der Waals surface area contributed by atoms with Crippen LogP contribution in [-0.4, -0.2) is 21.1 Å². The summed E-state index contributed by atoms with van der Waals surface area (Å²) in [6.07, 6.45) is 3.76. The molecule has 2 aromatic carbocycles. The minimum Gasteiger partial charge on any atom is -0.191 e. The van der Waals surface area contributed by atoms with Crippen LogP contribution in [0.1, 0.15) is 35.9 Å². The van der Waals surface area contributed by atoms with Gasteiger partial charge in [0.05, 0.1) is 6.21 Å². The largest absolute Gasteiger partial charge is 0.212 e. The quantitative estimate of drug-likeness (QED) is 0.369. The number of rotatable bonds is 7. The highest BCUT2D eigenvalue weighted by atomic mass is 79.9. The first-order valence-electron chi connectivity index (χ1n) is 8.59. The molecule has 0 fully saturated rings. The Hall–Kier alpha value is -1.92. The maximum atomic E-state index is 4.68. The highest BCUT2D eigenvalue weighted by Crippen LogP contribution is 2.23. The minimum atomic E-state index is 0.821. The van der Waals surface area contributed by atoms with Crippen molar-refractivity contribution in [1.29, 1.82) is 0 Å². The van der Waals surface area contributed by atoms with E-state index in [1.807, 2.05) is 23.0 Å². The number of hydrogen-bond donors (Lipinski definition) is 0. The van der Waals surface area contributed by atoms with Crippen LogP contribution in [0.5, 0.6) is 0 Å². The normalized spacial score (nSPS) is 11.3. The van der Waals surface area contributed by atoms with Gasteiger partial charge in [0.15, 0.2) is 5.82 Å². The van der Waals surface area contributed by atoms with Crippen molar-refractivity contribution in [3.63, 3.8) is 0 Å². The zero-order chi connectivity index (χ0) is 18.4. The van der Waals surface area contributed by atoms with Crippen LogP contribution < -0.4 is 0 Å². The molecule has 0 unspecified atom stereocenters. The van der Waals surface area contributed by atoms with Gasteiger partial charge >= 0.3 is 0 Å². The average molecular weight is 429 g/mol. The van der Waals surface area contributed by atoms with Gasteiger partial charge in [0.2, 0.25) is 5.16 Å². The summed E-state index contributed by atoms with van der Waals surface area (Å²) in [5, 5.41) is 14.2. The van der Waals surface area contributed by atoms with Crippen molar-refractivity contribution in [3.8, 4) is 0 Å². The third kappa shape index (κ3) is 4.83. The maximum Gasteiger partial charge on any atom is 0.212 e. The molecule has 0 bridgehead atoms. The van der Waals surface area contributed by atoms with Crippen molar-refractivity contribution in [2.75, 3.05) is 0 Å². The summed E-state index contributed by atoms with van der Waals surface area (Å²) in [6, 6.07) is 16.5. The summed E-state index contributed by atoms with van der Waals surface area (Å²) >= 11 is 5.12. The summed E-state index contributed by atoms with van der Waals surface area (Å²) in [7, 11) is 0. The molecule has 0 aliphatic carbocycles. The van der Waals surface area contributed by atoms with E-state index in [1.165, 1.54) is 11.1 Å². The van der Waals surface area contributed by atoms with Crippen molar-refractivity contribution >= 4 is 33.9 Å². The molecule has 0 aliphatic rings. The second-order valence-corrected chi connectivity index (χ2v) is 7.84. The molecule has 3 rings (SSSR count). The Bertz CT molecular complexity index is 887. The van der Waals surface area contributed by atoms with Crippen molar-refractivity contribution in [1.82, 2.24) is 14.9 Å². The molecular formula is C20H21BrN4S. The monoisotopic (exact) mass is 428 g/mol. The van der Waals surface area contributed by atoms with E-state index in [-0.39, 0.29) is 0 Å². The molecule has 3 aromatic rings. The molecule has 26 heavy (non-hydrogen) atoms. The predicted octanol–water partition coefficient (Wildman–Crippen LogP) is 5.48. The van der Waals surface area contributed by atoms with E-state index in [9.17, 15) is 0 Å². The number of aryl methyl sites for hydroxylation is 2. The van der Waals surface area contributed by atoms with Crippen LogP contribution in [0.25, 0.3) is 0 Å². The molecular weight excluding hydrogens is 408 g/mol.